The first-order valence-corrected chi connectivity index (χ1v) is 5.59. The molecule has 2 rings (SSSR count). The highest BCUT2D eigenvalue weighted by molar-refractivity contribution is 5.21. The lowest BCUT2D eigenvalue weighted by atomic mass is 10.1. The van der Waals surface area contributed by atoms with Gasteiger partial charge in [-0.25, -0.2) is 0 Å². The molecule has 1 saturated heterocycles. The van der Waals surface area contributed by atoms with Crippen LogP contribution in [-0.4, -0.2) is 18.8 Å². The number of ether oxygens (including phenoxy) is 2. The van der Waals surface area contributed by atoms with Crippen molar-refractivity contribution in [3.63, 3.8) is 0 Å². The molecule has 2 unspecified atom stereocenters. The third-order valence-corrected chi connectivity index (χ3v) is 2.55. The van der Waals surface area contributed by atoms with E-state index in [1.54, 1.807) is 0 Å². The minimum absolute atomic E-state index is 0.313. The lowest BCUT2D eigenvalue weighted by Crippen LogP contribution is -2.08. The van der Waals surface area contributed by atoms with E-state index in [1.165, 1.54) is 0 Å². The van der Waals surface area contributed by atoms with Crippen LogP contribution in [0.3, 0.4) is 0 Å². The summed E-state index contributed by atoms with van der Waals surface area (Å²) in [5.74, 6) is 1.63. The Bertz CT molecular complexity index is 295. The molecule has 0 spiro atoms. The molecule has 1 aromatic rings. The lowest BCUT2D eigenvalue weighted by molar-refractivity contribution is 0.258. The van der Waals surface area contributed by atoms with Crippen molar-refractivity contribution in [2.75, 3.05) is 6.61 Å². The second-order valence-corrected chi connectivity index (χ2v) is 4.47. The summed E-state index contributed by atoms with van der Waals surface area (Å²) in [6.45, 7) is 5.12. The van der Waals surface area contributed by atoms with Crippen LogP contribution in [0.2, 0.25) is 0 Å². The Balaban J connectivity index is 1.68. The van der Waals surface area contributed by atoms with Crippen molar-refractivity contribution in [1.82, 2.24) is 0 Å². The second-order valence-electron chi connectivity index (χ2n) is 4.47. The predicted octanol–water partition coefficient (Wildman–Crippen LogP) is 2.88. The van der Waals surface area contributed by atoms with Gasteiger partial charge in [-0.3, -0.25) is 0 Å². The smallest absolute Gasteiger partial charge is 0.119 e. The second kappa shape index (κ2) is 4.67. The van der Waals surface area contributed by atoms with E-state index in [4.69, 9.17) is 9.47 Å². The molecule has 0 radical (unpaired) electrons. The van der Waals surface area contributed by atoms with Crippen molar-refractivity contribution in [3.8, 4) is 5.75 Å². The fourth-order valence-electron chi connectivity index (χ4n) is 1.69. The zero-order valence-corrected chi connectivity index (χ0v) is 9.35. The fraction of sp³-hybridized carbons (Fsp3) is 0.538. The summed E-state index contributed by atoms with van der Waals surface area (Å²) >= 11 is 0. The van der Waals surface area contributed by atoms with Crippen LogP contribution in [0.4, 0.5) is 0 Å². The molecule has 82 valence electrons. The summed E-state index contributed by atoms with van der Waals surface area (Å²) in [5, 5.41) is 0. The van der Waals surface area contributed by atoms with Gasteiger partial charge in [-0.05, 0) is 24.5 Å². The highest BCUT2D eigenvalue weighted by Gasteiger charge is 2.39. The van der Waals surface area contributed by atoms with E-state index >= 15 is 0 Å². The van der Waals surface area contributed by atoms with Gasteiger partial charge in [0.1, 0.15) is 18.5 Å². The normalized spacial score (nSPS) is 24.2. The lowest BCUT2D eigenvalue weighted by Gasteiger charge is -2.03. The van der Waals surface area contributed by atoms with Crippen LogP contribution in [-0.2, 0) is 4.74 Å². The van der Waals surface area contributed by atoms with Gasteiger partial charge in [0.15, 0.2) is 0 Å². The molecule has 0 bridgehead atoms. The minimum atomic E-state index is 0.313. The van der Waals surface area contributed by atoms with E-state index in [2.05, 4.69) is 13.8 Å². The number of epoxide rings is 1. The summed E-state index contributed by atoms with van der Waals surface area (Å²) in [5.41, 5.74) is 0. The first-order chi connectivity index (χ1) is 7.25. The zero-order chi connectivity index (χ0) is 10.7. The molecule has 0 aromatic heterocycles. The summed E-state index contributed by atoms with van der Waals surface area (Å²) in [6.07, 6.45) is 1.88. The summed E-state index contributed by atoms with van der Waals surface area (Å²) in [7, 11) is 0. The maximum Gasteiger partial charge on any atom is 0.119 e. The molecule has 1 fully saturated rings. The SMILES string of the molecule is CC(C)CC1OC1COc1ccccc1. The molecule has 2 nitrogen and oxygen atoms in total. The Morgan fingerprint density at radius 1 is 1.20 bits per heavy atom. The Morgan fingerprint density at radius 2 is 1.93 bits per heavy atom. The number of benzene rings is 1. The standard InChI is InChI=1S/C13H18O2/c1-10(2)8-12-13(15-12)9-14-11-6-4-3-5-7-11/h3-7,10,12-13H,8-9H2,1-2H3. The van der Waals surface area contributed by atoms with Crippen molar-refractivity contribution in [3.05, 3.63) is 30.3 Å². The summed E-state index contributed by atoms with van der Waals surface area (Å²) in [4.78, 5) is 0. The minimum Gasteiger partial charge on any atom is -0.491 e. The average molecular weight is 206 g/mol. The maximum atomic E-state index is 5.62. The first-order valence-electron chi connectivity index (χ1n) is 5.59. The summed E-state index contributed by atoms with van der Waals surface area (Å²) in [6, 6.07) is 9.89. The molecule has 2 heteroatoms. The molecule has 1 aromatic carbocycles. The predicted molar refractivity (Wildman–Crippen MR) is 60.1 cm³/mol. The molecule has 1 heterocycles. The van der Waals surface area contributed by atoms with Crippen LogP contribution < -0.4 is 4.74 Å². The van der Waals surface area contributed by atoms with Crippen molar-refractivity contribution in [2.24, 2.45) is 5.92 Å². The molecule has 15 heavy (non-hydrogen) atoms. The molecule has 0 saturated carbocycles. The van der Waals surface area contributed by atoms with Crippen LogP contribution in [0.15, 0.2) is 30.3 Å². The van der Waals surface area contributed by atoms with Crippen LogP contribution in [0.5, 0.6) is 5.75 Å². The van der Waals surface area contributed by atoms with E-state index in [0.29, 0.717) is 24.7 Å². The first kappa shape index (κ1) is 10.5. The quantitative estimate of drug-likeness (QED) is 0.691. The van der Waals surface area contributed by atoms with Crippen LogP contribution in [0, 0.1) is 5.92 Å². The Labute approximate surface area is 91.2 Å². The van der Waals surface area contributed by atoms with Gasteiger partial charge < -0.3 is 9.47 Å². The van der Waals surface area contributed by atoms with Crippen molar-refractivity contribution < 1.29 is 9.47 Å². The number of hydrogen-bond acceptors (Lipinski definition) is 2. The van der Waals surface area contributed by atoms with Crippen LogP contribution >= 0.6 is 0 Å². The number of rotatable bonds is 5. The van der Waals surface area contributed by atoms with Crippen molar-refractivity contribution in [2.45, 2.75) is 32.5 Å². The van der Waals surface area contributed by atoms with E-state index in [9.17, 15) is 0 Å². The van der Waals surface area contributed by atoms with Gasteiger partial charge >= 0.3 is 0 Å². The van der Waals surface area contributed by atoms with Gasteiger partial charge in [0.05, 0.1) is 6.10 Å². The van der Waals surface area contributed by atoms with Crippen LogP contribution in [0.25, 0.3) is 0 Å². The molecule has 1 aliphatic rings. The molecular formula is C13H18O2. The molecular weight excluding hydrogens is 188 g/mol. The third kappa shape index (κ3) is 3.24. The molecule has 0 amide bonds. The fourth-order valence-corrected chi connectivity index (χ4v) is 1.69. The Hall–Kier alpha value is -1.02. The van der Waals surface area contributed by atoms with Crippen LogP contribution in [0.1, 0.15) is 20.3 Å². The molecule has 0 N–H and O–H groups in total. The van der Waals surface area contributed by atoms with Gasteiger partial charge in [0, 0.05) is 0 Å². The average Bonchev–Trinajstić information content (AvgIpc) is 2.94. The Morgan fingerprint density at radius 3 is 2.60 bits per heavy atom. The van der Waals surface area contributed by atoms with Gasteiger partial charge in [0.2, 0.25) is 0 Å². The molecule has 0 aliphatic carbocycles. The molecule has 2 atom stereocenters. The van der Waals surface area contributed by atoms with Gasteiger partial charge in [0.25, 0.3) is 0 Å². The van der Waals surface area contributed by atoms with Crippen molar-refractivity contribution >= 4 is 0 Å². The Kier molecular flexibility index (Phi) is 3.27. The van der Waals surface area contributed by atoms with E-state index < -0.39 is 0 Å². The molecule has 1 aliphatic heterocycles. The van der Waals surface area contributed by atoms with E-state index in [0.717, 1.165) is 12.2 Å². The topological polar surface area (TPSA) is 21.8 Å². The maximum absolute atomic E-state index is 5.62. The zero-order valence-electron chi connectivity index (χ0n) is 9.35. The van der Waals surface area contributed by atoms with Gasteiger partial charge in [-0.1, -0.05) is 32.0 Å². The third-order valence-electron chi connectivity index (χ3n) is 2.55. The highest BCUT2D eigenvalue weighted by atomic mass is 16.6. The van der Waals surface area contributed by atoms with Gasteiger partial charge in [-0.15, -0.1) is 0 Å². The van der Waals surface area contributed by atoms with Crippen molar-refractivity contribution in [1.29, 1.82) is 0 Å². The summed E-state index contributed by atoms with van der Waals surface area (Å²) < 4.78 is 11.1. The largest absolute Gasteiger partial charge is 0.491 e. The van der Waals surface area contributed by atoms with Gasteiger partial charge in [-0.2, -0.15) is 0 Å². The monoisotopic (exact) mass is 206 g/mol. The number of para-hydroxylation sites is 1. The highest BCUT2D eigenvalue weighted by Crippen LogP contribution is 2.28. The number of hydrogen-bond donors (Lipinski definition) is 0. The van der Waals surface area contributed by atoms with E-state index in [-0.39, 0.29) is 0 Å². The van der Waals surface area contributed by atoms with E-state index in [1.807, 2.05) is 30.3 Å².